The number of unbranched alkanes of at least 4 members (excludes halogenated alkanes) is 5. The van der Waals surface area contributed by atoms with Crippen LogP contribution < -0.4 is 9.79 Å². The van der Waals surface area contributed by atoms with Crippen LogP contribution in [0.4, 0.5) is 0 Å². The molecule has 5 heteroatoms. The van der Waals surface area contributed by atoms with Gasteiger partial charge in [-0.05, 0) is 0 Å². The molecule has 0 saturated heterocycles. The standard InChI is InChI=1S/C8H17O2P.2C4H12P/c1-2-3-4-5-6-7-8-11(9)10;2*1-5(2,3)4/h2-8H2,1H3;2*1-4H3/q-2;2*+1. The van der Waals surface area contributed by atoms with Gasteiger partial charge in [0.25, 0.3) is 0 Å². The van der Waals surface area contributed by atoms with Crippen LogP contribution in [0.25, 0.3) is 0 Å². The molecule has 0 unspecified atom stereocenters. The van der Waals surface area contributed by atoms with Gasteiger partial charge in [0, 0.05) is 67.8 Å². The molecule has 0 saturated carbocycles. The summed E-state index contributed by atoms with van der Waals surface area (Å²) in [5, 5.41) is 0. The summed E-state index contributed by atoms with van der Waals surface area (Å²) in [5.41, 5.74) is 0. The van der Waals surface area contributed by atoms with E-state index in [1.165, 1.54) is 25.7 Å². The fourth-order valence-corrected chi connectivity index (χ4v) is 1.50. The van der Waals surface area contributed by atoms with Gasteiger partial charge in [-0.3, -0.25) is 0 Å². The van der Waals surface area contributed by atoms with Crippen LogP contribution in [0.3, 0.4) is 0 Å². The molecule has 0 amide bonds. The van der Waals surface area contributed by atoms with Gasteiger partial charge in [-0.1, -0.05) is 51.6 Å². The predicted molar refractivity (Wildman–Crippen MR) is 106 cm³/mol. The van der Waals surface area contributed by atoms with E-state index in [1.54, 1.807) is 0 Å². The summed E-state index contributed by atoms with van der Waals surface area (Å²) in [5.74, 6) is 0. The smallest absolute Gasteiger partial charge is 0.0481 e. The average molecular weight is 358 g/mol. The lowest BCUT2D eigenvalue weighted by molar-refractivity contribution is -0.292. The lowest BCUT2D eigenvalue weighted by Gasteiger charge is -2.30. The Morgan fingerprint density at radius 1 is 0.619 bits per heavy atom. The van der Waals surface area contributed by atoms with Gasteiger partial charge in [-0.25, -0.2) is 0 Å². The van der Waals surface area contributed by atoms with E-state index in [0.717, 1.165) is 12.8 Å². The zero-order valence-corrected chi connectivity index (χ0v) is 18.8. The van der Waals surface area contributed by atoms with Crippen molar-refractivity contribution in [2.45, 2.75) is 45.4 Å². The monoisotopic (exact) mass is 358 g/mol. The zero-order valence-electron chi connectivity index (χ0n) is 16.1. The van der Waals surface area contributed by atoms with E-state index in [9.17, 15) is 9.79 Å². The second-order valence-electron chi connectivity index (χ2n) is 8.19. The highest BCUT2D eigenvalue weighted by molar-refractivity contribution is 7.73. The van der Waals surface area contributed by atoms with Crippen molar-refractivity contribution >= 4 is 22.9 Å². The van der Waals surface area contributed by atoms with E-state index in [2.05, 4.69) is 60.2 Å². The van der Waals surface area contributed by atoms with Crippen LogP contribution in [0, 0.1) is 0 Å². The topological polar surface area (TPSA) is 46.1 Å². The van der Waals surface area contributed by atoms with Crippen LogP contribution >= 0.6 is 22.9 Å². The maximum Gasteiger partial charge on any atom is 0.0481 e. The maximum absolute atomic E-state index is 10.1. The van der Waals surface area contributed by atoms with E-state index in [4.69, 9.17) is 0 Å². The molecule has 0 aliphatic heterocycles. The number of hydrogen-bond acceptors (Lipinski definition) is 2. The molecule has 0 fully saturated rings. The van der Waals surface area contributed by atoms with Gasteiger partial charge in [0.2, 0.25) is 0 Å². The van der Waals surface area contributed by atoms with Gasteiger partial charge < -0.3 is 18.2 Å². The fraction of sp³-hybridized carbons (Fsp3) is 1.00. The Hall–Kier alpha value is 1.21. The van der Waals surface area contributed by atoms with Crippen LogP contribution in [0.1, 0.15) is 45.4 Å². The molecule has 0 rings (SSSR count). The van der Waals surface area contributed by atoms with Crippen LogP contribution in [0.5, 0.6) is 0 Å². The maximum atomic E-state index is 10.1. The molecule has 0 aromatic rings. The molecule has 0 aliphatic carbocycles. The largest absolute Gasteiger partial charge is 0.842 e. The molecule has 0 spiro atoms. The Morgan fingerprint density at radius 2 is 0.905 bits per heavy atom. The molecule has 0 radical (unpaired) electrons. The quantitative estimate of drug-likeness (QED) is 0.499. The summed E-state index contributed by atoms with van der Waals surface area (Å²) in [6.45, 7) is 20.6. The van der Waals surface area contributed by atoms with Gasteiger partial charge in [0.15, 0.2) is 0 Å². The molecular weight excluding hydrogens is 317 g/mol. The fourth-order valence-electron chi connectivity index (χ4n) is 1.02. The van der Waals surface area contributed by atoms with E-state index in [-0.39, 0.29) is 14.5 Å². The van der Waals surface area contributed by atoms with Crippen molar-refractivity contribution < 1.29 is 9.79 Å². The summed E-state index contributed by atoms with van der Waals surface area (Å²) >= 11 is 0. The second kappa shape index (κ2) is 16.1. The van der Waals surface area contributed by atoms with Crippen molar-refractivity contribution in [3.05, 3.63) is 0 Å². The Morgan fingerprint density at radius 3 is 1.19 bits per heavy atom. The van der Waals surface area contributed by atoms with Gasteiger partial charge in [0.1, 0.15) is 0 Å². The van der Waals surface area contributed by atoms with Crippen LogP contribution in [0.2, 0.25) is 0 Å². The van der Waals surface area contributed by atoms with Gasteiger partial charge >= 0.3 is 0 Å². The van der Waals surface area contributed by atoms with Crippen LogP contribution in [0.15, 0.2) is 0 Å². The molecule has 21 heavy (non-hydrogen) atoms. The molecule has 0 bridgehead atoms. The molecule has 2 nitrogen and oxygen atoms in total. The second-order valence-corrected chi connectivity index (χ2v) is 20.0. The number of hydrogen-bond donors (Lipinski definition) is 0. The van der Waals surface area contributed by atoms with Gasteiger partial charge in [-0.15, -0.1) is 0 Å². The summed E-state index contributed by atoms with van der Waals surface area (Å²) in [4.78, 5) is 20.3. The molecule has 0 atom stereocenters. The lowest BCUT2D eigenvalue weighted by Crippen LogP contribution is -2.10. The van der Waals surface area contributed by atoms with Crippen molar-refractivity contribution in [1.29, 1.82) is 0 Å². The Kier molecular flexibility index (Phi) is 20.7. The first kappa shape index (κ1) is 27.1. The summed E-state index contributed by atoms with van der Waals surface area (Å²) < 4.78 is 0. The lowest BCUT2D eigenvalue weighted by atomic mass is 10.1. The first-order valence-corrected chi connectivity index (χ1v) is 16.5. The third-order valence-electron chi connectivity index (χ3n) is 1.69. The van der Waals surface area contributed by atoms with Crippen molar-refractivity contribution in [3.8, 4) is 0 Å². The van der Waals surface area contributed by atoms with E-state index < -0.39 is 8.38 Å². The van der Waals surface area contributed by atoms with Crippen molar-refractivity contribution in [1.82, 2.24) is 0 Å². The van der Waals surface area contributed by atoms with Crippen LogP contribution in [-0.4, -0.2) is 59.5 Å². The molecular formula is C16H41O2P3. The summed E-state index contributed by atoms with van der Waals surface area (Å²) in [6.07, 6.45) is 7.27. The SMILES string of the molecule is CCCCCCCCP([O-])[O-].C[P+](C)(C)C.C[P+](C)(C)C. The molecule has 0 aromatic carbocycles. The zero-order chi connectivity index (χ0) is 17.5. The first-order valence-electron chi connectivity index (χ1n) is 7.97. The molecule has 132 valence electrons. The molecule has 0 heterocycles. The van der Waals surface area contributed by atoms with E-state index >= 15 is 0 Å². The van der Waals surface area contributed by atoms with E-state index in [0.29, 0.717) is 6.16 Å². The third kappa shape index (κ3) is 92.3. The molecule has 0 aromatic heterocycles. The predicted octanol–water partition coefficient (Wildman–Crippen LogP) is 4.43. The average Bonchev–Trinajstić information content (AvgIpc) is 2.18. The highest BCUT2D eigenvalue weighted by atomic mass is 31.2. The highest BCUT2D eigenvalue weighted by Gasteiger charge is 2.03. The van der Waals surface area contributed by atoms with E-state index in [1.807, 2.05) is 0 Å². The van der Waals surface area contributed by atoms with Gasteiger partial charge in [0.05, 0.1) is 0 Å². The Balaban J connectivity index is -0.000000270. The van der Waals surface area contributed by atoms with Crippen molar-refractivity contribution in [2.24, 2.45) is 0 Å². The normalized spacial score (nSPS) is 11.4. The van der Waals surface area contributed by atoms with Gasteiger partial charge in [-0.2, -0.15) is 0 Å². The highest BCUT2D eigenvalue weighted by Crippen LogP contribution is 2.40. The molecule has 0 aliphatic rings. The number of rotatable bonds is 7. The third-order valence-corrected chi connectivity index (χ3v) is 2.38. The minimum atomic E-state index is -2.12. The first-order chi connectivity index (χ1) is 9.27. The molecule has 0 N–H and O–H groups in total. The van der Waals surface area contributed by atoms with Crippen LogP contribution in [-0.2, 0) is 0 Å². The summed E-state index contributed by atoms with van der Waals surface area (Å²) in [6, 6.07) is 0. The van der Waals surface area contributed by atoms with Crippen molar-refractivity contribution in [3.63, 3.8) is 0 Å². The minimum Gasteiger partial charge on any atom is -0.842 e. The Labute approximate surface area is 138 Å². The van der Waals surface area contributed by atoms with Crippen molar-refractivity contribution in [2.75, 3.05) is 59.5 Å². The minimum absolute atomic E-state index is 0.376. The summed E-state index contributed by atoms with van der Waals surface area (Å²) in [7, 11) is -2.90. The Bertz CT molecular complexity index is 173.